The van der Waals surface area contributed by atoms with E-state index in [2.05, 4.69) is 4.98 Å². The van der Waals surface area contributed by atoms with Crippen molar-refractivity contribution in [1.29, 1.82) is 0 Å². The van der Waals surface area contributed by atoms with Gasteiger partial charge in [-0.05, 0) is 25.0 Å². The molecule has 0 aliphatic carbocycles. The molecule has 0 radical (unpaired) electrons. The van der Waals surface area contributed by atoms with Gasteiger partial charge in [-0.2, -0.15) is 0 Å². The van der Waals surface area contributed by atoms with Gasteiger partial charge in [-0.3, -0.25) is 10.1 Å². The first-order chi connectivity index (χ1) is 7.58. The minimum absolute atomic E-state index is 0.0780. The number of non-ortho nitro benzene ring substituents is 1. The highest BCUT2D eigenvalue weighted by Gasteiger charge is 2.10. The molecule has 0 saturated carbocycles. The van der Waals surface area contributed by atoms with E-state index in [0.29, 0.717) is 0 Å². The lowest BCUT2D eigenvalue weighted by molar-refractivity contribution is -0.384. The van der Waals surface area contributed by atoms with E-state index >= 15 is 0 Å². The van der Waals surface area contributed by atoms with E-state index in [-0.39, 0.29) is 11.7 Å². The van der Waals surface area contributed by atoms with Crippen LogP contribution in [0.5, 0.6) is 0 Å². The number of fused-ring (bicyclic) bond motifs is 1. The molecule has 1 aromatic carbocycles. The number of nitrogens with two attached hydrogens (primary N) is 1. The number of hydrogen-bond acceptors (Lipinski definition) is 3. The molecular weight excluding hydrogens is 206 g/mol. The molecule has 5 heteroatoms. The molecule has 1 heterocycles. The maximum atomic E-state index is 10.6. The molecule has 5 nitrogen and oxygen atoms in total. The Hall–Kier alpha value is -1.88. The molecular formula is C11H13N3O2. The van der Waals surface area contributed by atoms with Gasteiger partial charge in [0.15, 0.2) is 0 Å². The highest BCUT2D eigenvalue weighted by Crippen LogP contribution is 2.23. The summed E-state index contributed by atoms with van der Waals surface area (Å²) in [4.78, 5) is 13.2. The smallest absolute Gasteiger partial charge is 0.271 e. The Balaban J connectivity index is 2.46. The van der Waals surface area contributed by atoms with Gasteiger partial charge in [0.25, 0.3) is 5.69 Å². The van der Waals surface area contributed by atoms with Gasteiger partial charge in [-0.1, -0.05) is 0 Å². The second kappa shape index (κ2) is 3.94. The van der Waals surface area contributed by atoms with Crippen LogP contribution >= 0.6 is 0 Å². The summed E-state index contributed by atoms with van der Waals surface area (Å²) in [6.07, 6.45) is 2.62. The summed E-state index contributed by atoms with van der Waals surface area (Å²) in [5.41, 5.74) is 7.71. The van der Waals surface area contributed by atoms with Crippen LogP contribution in [0.15, 0.2) is 24.4 Å². The van der Waals surface area contributed by atoms with Crippen LogP contribution in [-0.4, -0.2) is 15.9 Å². The minimum Gasteiger partial charge on any atom is -0.361 e. The molecule has 84 valence electrons. The molecule has 2 rings (SSSR count). The van der Waals surface area contributed by atoms with Crippen molar-refractivity contribution in [3.05, 3.63) is 40.1 Å². The van der Waals surface area contributed by atoms with Crippen molar-refractivity contribution in [2.45, 2.75) is 19.4 Å². The first-order valence-electron chi connectivity index (χ1n) is 5.08. The number of hydrogen-bond donors (Lipinski definition) is 2. The highest BCUT2D eigenvalue weighted by molar-refractivity contribution is 5.85. The summed E-state index contributed by atoms with van der Waals surface area (Å²) in [5, 5.41) is 11.6. The highest BCUT2D eigenvalue weighted by atomic mass is 16.6. The van der Waals surface area contributed by atoms with Crippen molar-refractivity contribution >= 4 is 16.6 Å². The molecule has 3 N–H and O–H groups in total. The van der Waals surface area contributed by atoms with Crippen molar-refractivity contribution in [1.82, 2.24) is 4.98 Å². The number of aromatic nitrogens is 1. The van der Waals surface area contributed by atoms with Crippen molar-refractivity contribution in [3.8, 4) is 0 Å². The molecule has 1 unspecified atom stereocenters. The molecule has 0 spiro atoms. The number of nitro groups is 1. The summed E-state index contributed by atoms with van der Waals surface area (Å²) in [6.45, 7) is 1.93. The van der Waals surface area contributed by atoms with Crippen LogP contribution in [0, 0.1) is 10.1 Å². The fourth-order valence-corrected chi connectivity index (χ4v) is 1.80. The van der Waals surface area contributed by atoms with Crippen LogP contribution < -0.4 is 5.73 Å². The Morgan fingerprint density at radius 1 is 1.56 bits per heavy atom. The maximum Gasteiger partial charge on any atom is 0.271 e. The second-order valence-electron chi connectivity index (χ2n) is 3.98. The average Bonchev–Trinajstić information content (AvgIpc) is 2.60. The van der Waals surface area contributed by atoms with Gasteiger partial charge in [-0.25, -0.2) is 0 Å². The molecule has 16 heavy (non-hydrogen) atoms. The summed E-state index contributed by atoms with van der Waals surface area (Å²) < 4.78 is 0. The molecule has 0 aliphatic heterocycles. The number of benzene rings is 1. The summed E-state index contributed by atoms with van der Waals surface area (Å²) in [7, 11) is 0. The first kappa shape index (κ1) is 10.6. The fourth-order valence-electron chi connectivity index (χ4n) is 1.80. The van der Waals surface area contributed by atoms with Crippen LogP contribution in [0.2, 0.25) is 0 Å². The SMILES string of the molecule is CC(N)Cc1c[nH]c2cc([N+](=O)[O-])ccc12. The van der Waals surface area contributed by atoms with Gasteiger partial charge in [0.2, 0.25) is 0 Å². The number of aromatic amines is 1. The van der Waals surface area contributed by atoms with Crippen molar-refractivity contribution in [3.63, 3.8) is 0 Å². The zero-order valence-electron chi connectivity index (χ0n) is 8.93. The van der Waals surface area contributed by atoms with E-state index < -0.39 is 4.92 Å². The molecule has 2 aromatic rings. The third kappa shape index (κ3) is 1.90. The van der Waals surface area contributed by atoms with E-state index in [1.807, 2.05) is 13.1 Å². The topological polar surface area (TPSA) is 85.0 Å². The van der Waals surface area contributed by atoms with Gasteiger partial charge in [-0.15, -0.1) is 0 Å². The zero-order valence-corrected chi connectivity index (χ0v) is 8.93. The van der Waals surface area contributed by atoms with Crippen LogP contribution in [0.1, 0.15) is 12.5 Å². The van der Waals surface area contributed by atoms with Gasteiger partial charge in [0.05, 0.1) is 10.4 Å². The van der Waals surface area contributed by atoms with E-state index in [1.54, 1.807) is 12.1 Å². The van der Waals surface area contributed by atoms with Crippen molar-refractivity contribution in [2.75, 3.05) is 0 Å². The lowest BCUT2D eigenvalue weighted by Crippen LogP contribution is -2.17. The lowest BCUT2D eigenvalue weighted by Gasteiger charge is -2.02. The second-order valence-corrected chi connectivity index (χ2v) is 3.98. The molecule has 1 aromatic heterocycles. The Morgan fingerprint density at radius 3 is 2.94 bits per heavy atom. The van der Waals surface area contributed by atoms with E-state index in [9.17, 15) is 10.1 Å². The summed E-state index contributed by atoms with van der Waals surface area (Å²) >= 11 is 0. The Kier molecular flexibility index (Phi) is 2.62. The summed E-state index contributed by atoms with van der Waals surface area (Å²) in [5.74, 6) is 0. The molecule has 0 bridgehead atoms. The van der Waals surface area contributed by atoms with Crippen LogP contribution in [0.4, 0.5) is 5.69 Å². The predicted octanol–water partition coefficient (Wildman–Crippen LogP) is 1.97. The van der Waals surface area contributed by atoms with Crippen LogP contribution in [0.25, 0.3) is 10.9 Å². The van der Waals surface area contributed by atoms with E-state index in [4.69, 9.17) is 5.73 Å². The van der Waals surface area contributed by atoms with Gasteiger partial charge >= 0.3 is 0 Å². The van der Waals surface area contributed by atoms with Gasteiger partial charge < -0.3 is 10.7 Å². The average molecular weight is 219 g/mol. The molecule has 0 amide bonds. The Morgan fingerprint density at radius 2 is 2.31 bits per heavy atom. The van der Waals surface area contributed by atoms with Crippen molar-refractivity contribution in [2.24, 2.45) is 5.73 Å². The largest absolute Gasteiger partial charge is 0.361 e. The number of rotatable bonds is 3. The molecule has 1 atom stereocenters. The zero-order chi connectivity index (χ0) is 11.7. The predicted molar refractivity (Wildman–Crippen MR) is 62.3 cm³/mol. The van der Waals surface area contributed by atoms with E-state index in [1.165, 1.54) is 6.07 Å². The quantitative estimate of drug-likeness (QED) is 0.611. The normalized spacial score (nSPS) is 12.9. The van der Waals surface area contributed by atoms with Gasteiger partial charge in [0, 0.05) is 29.8 Å². The monoisotopic (exact) mass is 219 g/mol. The number of nitrogens with one attached hydrogen (secondary N) is 1. The third-order valence-corrected chi connectivity index (χ3v) is 2.50. The number of H-pyrrole nitrogens is 1. The Labute approximate surface area is 92.4 Å². The van der Waals surface area contributed by atoms with Crippen LogP contribution in [-0.2, 0) is 6.42 Å². The fraction of sp³-hybridized carbons (Fsp3) is 0.273. The standard InChI is InChI=1S/C11H13N3O2/c1-7(12)4-8-6-13-11-5-9(14(15)16)2-3-10(8)11/h2-3,5-7,13H,4,12H2,1H3. The third-order valence-electron chi connectivity index (χ3n) is 2.50. The van der Waals surface area contributed by atoms with Gasteiger partial charge in [0.1, 0.15) is 0 Å². The van der Waals surface area contributed by atoms with Crippen LogP contribution in [0.3, 0.4) is 0 Å². The number of nitro benzene ring substituents is 1. The van der Waals surface area contributed by atoms with E-state index in [0.717, 1.165) is 22.9 Å². The van der Waals surface area contributed by atoms with Crippen molar-refractivity contribution < 1.29 is 4.92 Å². The Bertz CT molecular complexity index is 531. The molecule has 0 aliphatic rings. The number of nitrogens with zero attached hydrogens (tertiary/aromatic N) is 1. The molecule has 0 fully saturated rings. The summed E-state index contributed by atoms with van der Waals surface area (Å²) in [6, 6.07) is 4.90. The maximum absolute atomic E-state index is 10.6. The minimum atomic E-state index is -0.397. The molecule has 0 saturated heterocycles. The first-order valence-corrected chi connectivity index (χ1v) is 5.08. The lowest BCUT2D eigenvalue weighted by atomic mass is 10.1.